The molecule has 22 heavy (non-hydrogen) atoms. The minimum absolute atomic E-state index is 0.339. The lowest BCUT2D eigenvalue weighted by Crippen LogP contribution is -2.48. The molecule has 0 amide bonds. The van der Waals surface area contributed by atoms with Crippen molar-refractivity contribution in [3.8, 4) is 0 Å². The molecule has 6 nitrogen and oxygen atoms in total. The zero-order valence-corrected chi connectivity index (χ0v) is 13.7. The van der Waals surface area contributed by atoms with E-state index in [9.17, 15) is 15.3 Å². The van der Waals surface area contributed by atoms with E-state index < -0.39 is 37.6 Å². The molecular weight excluding hydrogens is 288 g/mol. The molecule has 5 N–H and O–H groups in total. The van der Waals surface area contributed by atoms with E-state index in [1.165, 1.54) is 32.1 Å². The van der Waals surface area contributed by atoms with Crippen LogP contribution in [-0.4, -0.2) is 69.8 Å². The second-order valence-corrected chi connectivity index (χ2v) is 5.80. The molecule has 4 atom stereocenters. The van der Waals surface area contributed by atoms with Gasteiger partial charge in [0.05, 0.1) is 13.2 Å². The lowest BCUT2D eigenvalue weighted by atomic mass is 10.0. The summed E-state index contributed by atoms with van der Waals surface area (Å²) in [7, 11) is 0. The molecule has 0 aromatic carbocycles. The molecule has 0 aliphatic heterocycles. The molecule has 134 valence electrons. The van der Waals surface area contributed by atoms with E-state index in [1.54, 1.807) is 0 Å². The molecule has 6 heteroatoms. The van der Waals surface area contributed by atoms with Crippen molar-refractivity contribution in [3.05, 3.63) is 0 Å². The van der Waals surface area contributed by atoms with Crippen molar-refractivity contribution in [1.82, 2.24) is 0 Å². The third-order valence-corrected chi connectivity index (χ3v) is 3.79. The van der Waals surface area contributed by atoms with Crippen molar-refractivity contribution in [2.24, 2.45) is 0 Å². The van der Waals surface area contributed by atoms with E-state index in [-0.39, 0.29) is 0 Å². The summed E-state index contributed by atoms with van der Waals surface area (Å²) in [5, 5.41) is 46.6. The lowest BCUT2D eigenvalue weighted by molar-refractivity contribution is -0.149. The molecular formula is C16H34O6. The highest BCUT2D eigenvalue weighted by molar-refractivity contribution is 4.81. The standard InChI is InChI=1S/C16H34O6/c1-2-3-4-5-6-7-8-9-10-22-16(14(20)12-18)15(21)13(19)11-17/h13-21H,2-12H2,1H3. The van der Waals surface area contributed by atoms with Gasteiger partial charge in [-0.3, -0.25) is 0 Å². The topological polar surface area (TPSA) is 110 Å². The maximum atomic E-state index is 9.80. The molecule has 4 unspecified atom stereocenters. The SMILES string of the molecule is CCCCCCCCCCOC(C(O)CO)C(O)C(O)CO. The summed E-state index contributed by atoms with van der Waals surface area (Å²) < 4.78 is 5.39. The molecule has 0 aliphatic carbocycles. The highest BCUT2D eigenvalue weighted by Gasteiger charge is 2.32. The smallest absolute Gasteiger partial charge is 0.114 e. The van der Waals surface area contributed by atoms with Gasteiger partial charge in [-0.25, -0.2) is 0 Å². The minimum atomic E-state index is -1.43. The molecule has 0 spiro atoms. The first kappa shape index (κ1) is 21.8. The van der Waals surface area contributed by atoms with Crippen LogP contribution < -0.4 is 0 Å². The first-order chi connectivity index (χ1) is 10.6. The predicted octanol–water partition coefficient (Wildman–Crippen LogP) is 0.580. The number of rotatable bonds is 15. The molecule has 0 rings (SSSR count). The number of hydrogen-bond acceptors (Lipinski definition) is 6. The van der Waals surface area contributed by atoms with Gasteiger partial charge in [-0.15, -0.1) is 0 Å². The number of aliphatic hydroxyl groups is 5. The Bertz CT molecular complexity index is 239. The van der Waals surface area contributed by atoms with E-state index in [2.05, 4.69) is 6.92 Å². The van der Waals surface area contributed by atoms with Crippen LogP contribution in [-0.2, 0) is 4.74 Å². The lowest BCUT2D eigenvalue weighted by Gasteiger charge is -2.29. The van der Waals surface area contributed by atoms with Gasteiger partial charge < -0.3 is 30.3 Å². The maximum Gasteiger partial charge on any atom is 0.114 e. The molecule has 0 aromatic rings. The third kappa shape index (κ3) is 9.71. The van der Waals surface area contributed by atoms with E-state index in [0.29, 0.717) is 6.61 Å². The van der Waals surface area contributed by atoms with Crippen LogP contribution in [0.1, 0.15) is 58.3 Å². The number of ether oxygens (including phenoxy) is 1. The Hall–Kier alpha value is -0.240. The highest BCUT2D eigenvalue weighted by Crippen LogP contribution is 2.12. The summed E-state index contributed by atoms with van der Waals surface area (Å²) in [6.45, 7) is 1.33. The zero-order chi connectivity index (χ0) is 16.8. The zero-order valence-electron chi connectivity index (χ0n) is 13.7. The van der Waals surface area contributed by atoms with Crippen LogP contribution in [0, 0.1) is 0 Å². The molecule has 0 heterocycles. The van der Waals surface area contributed by atoms with Crippen molar-refractivity contribution in [2.75, 3.05) is 19.8 Å². The molecule has 0 aromatic heterocycles. The van der Waals surface area contributed by atoms with Crippen molar-refractivity contribution in [3.63, 3.8) is 0 Å². The quantitative estimate of drug-likeness (QED) is 0.282. The van der Waals surface area contributed by atoms with Crippen LogP contribution in [0.4, 0.5) is 0 Å². The monoisotopic (exact) mass is 322 g/mol. The molecule has 0 aliphatic rings. The highest BCUT2D eigenvalue weighted by atomic mass is 16.5. The number of unbranched alkanes of at least 4 members (excludes halogenated alkanes) is 7. The van der Waals surface area contributed by atoms with E-state index >= 15 is 0 Å². The Labute approximate surface area is 133 Å². The Morgan fingerprint density at radius 3 is 1.73 bits per heavy atom. The van der Waals surface area contributed by atoms with Gasteiger partial charge in [0.1, 0.15) is 24.4 Å². The van der Waals surface area contributed by atoms with Gasteiger partial charge in [-0.1, -0.05) is 51.9 Å². The Morgan fingerprint density at radius 1 is 0.727 bits per heavy atom. The Balaban J connectivity index is 3.85. The third-order valence-electron chi connectivity index (χ3n) is 3.79. The van der Waals surface area contributed by atoms with Crippen molar-refractivity contribution in [2.45, 2.75) is 82.7 Å². The summed E-state index contributed by atoms with van der Waals surface area (Å²) in [6.07, 6.45) is 3.98. The summed E-state index contributed by atoms with van der Waals surface area (Å²) >= 11 is 0. The van der Waals surface area contributed by atoms with Crippen LogP contribution >= 0.6 is 0 Å². The summed E-state index contributed by atoms with van der Waals surface area (Å²) in [6, 6.07) is 0. The molecule has 0 saturated heterocycles. The van der Waals surface area contributed by atoms with Gasteiger partial charge in [-0.05, 0) is 6.42 Å². The predicted molar refractivity (Wildman–Crippen MR) is 84.5 cm³/mol. The normalized spacial score (nSPS) is 17.2. The first-order valence-corrected chi connectivity index (χ1v) is 8.46. The second kappa shape index (κ2) is 14.4. The van der Waals surface area contributed by atoms with Gasteiger partial charge in [0, 0.05) is 6.61 Å². The van der Waals surface area contributed by atoms with Crippen molar-refractivity contribution < 1.29 is 30.3 Å². The minimum Gasteiger partial charge on any atom is -0.394 e. The second-order valence-electron chi connectivity index (χ2n) is 5.80. The molecule has 0 radical (unpaired) electrons. The Kier molecular flexibility index (Phi) is 14.2. The van der Waals surface area contributed by atoms with Crippen LogP contribution in [0.2, 0.25) is 0 Å². The largest absolute Gasteiger partial charge is 0.394 e. The van der Waals surface area contributed by atoms with E-state index in [4.69, 9.17) is 14.9 Å². The van der Waals surface area contributed by atoms with Crippen molar-refractivity contribution in [1.29, 1.82) is 0 Å². The summed E-state index contributed by atoms with van der Waals surface area (Å²) in [5.41, 5.74) is 0. The fourth-order valence-corrected chi connectivity index (χ4v) is 2.32. The van der Waals surface area contributed by atoms with Gasteiger partial charge in [0.2, 0.25) is 0 Å². The van der Waals surface area contributed by atoms with E-state index in [1.807, 2.05) is 0 Å². The molecule has 0 saturated carbocycles. The molecule has 0 fully saturated rings. The van der Waals surface area contributed by atoms with Crippen LogP contribution in [0.5, 0.6) is 0 Å². The van der Waals surface area contributed by atoms with E-state index in [0.717, 1.165) is 19.3 Å². The maximum absolute atomic E-state index is 9.80. The molecule has 0 bridgehead atoms. The van der Waals surface area contributed by atoms with Crippen LogP contribution in [0.25, 0.3) is 0 Å². The fourth-order valence-electron chi connectivity index (χ4n) is 2.32. The van der Waals surface area contributed by atoms with Crippen molar-refractivity contribution >= 4 is 0 Å². The van der Waals surface area contributed by atoms with Gasteiger partial charge >= 0.3 is 0 Å². The number of aliphatic hydroxyl groups excluding tert-OH is 5. The van der Waals surface area contributed by atoms with Gasteiger partial charge in [0.25, 0.3) is 0 Å². The van der Waals surface area contributed by atoms with Crippen LogP contribution in [0.15, 0.2) is 0 Å². The Morgan fingerprint density at radius 2 is 1.23 bits per heavy atom. The average Bonchev–Trinajstić information content (AvgIpc) is 2.54. The number of hydrogen-bond donors (Lipinski definition) is 5. The average molecular weight is 322 g/mol. The van der Waals surface area contributed by atoms with Gasteiger partial charge in [-0.2, -0.15) is 0 Å². The summed E-state index contributed by atoms with van der Waals surface area (Å²) in [4.78, 5) is 0. The first-order valence-electron chi connectivity index (χ1n) is 8.46. The summed E-state index contributed by atoms with van der Waals surface area (Å²) in [5.74, 6) is 0. The fraction of sp³-hybridized carbons (Fsp3) is 1.00. The van der Waals surface area contributed by atoms with Crippen LogP contribution in [0.3, 0.4) is 0 Å². The van der Waals surface area contributed by atoms with Gasteiger partial charge in [0.15, 0.2) is 0 Å².